The summed E-state index contributed by atoms with van der Waals surface area (Å²) >= 11 is 0. The molecule has 1 fully saturated rings. The van der Waals surface area contributed by atoms with Gasteiger partial charge in [-0.15, -0.1) is 0 Å². The zero-order valence-electron chi connectivity index (χ0n) is 10.4. The predicted molar refractivity (Wildman–Crippen MR) is 67.0 cm³/mol. The van der Waals surface area contributed by atoms with Gasteiger partial charge in [0, 0.05) is 0 Å². The van der Waals surface area contributed by atoms with E-state index in [-0.39, 0.29) is 11.8 Å². The summed E-state index contributed by atoms with van der Waals surface area (Å²) in [5.74, 6) is 1.17. The number of methoxy groups -OCH3 is 1. The van der Waals surface area contributed by atoms with Gasteiger partial charge in [-0.05, 0) is 36.5 Å². The topological polar surface area (TPSA) is 52.3 Å². The predicted octanol–water partition coefficient (Wildman–Crippen LogP) is 2.37. The molecule has 3 nitrogen and oxygen atoms in total. The van der Waals surface area contributed by atoms with Gasteiger partial charge < -0.3 is 10.5 Å². The molecule has 1 unspecified atom stereocenters. The minimum Gasteiger partial charge on any atom is -0.496 e. The van der Waals surface area contributed by atoms with Crippen molar-refractivity contribution >= 4 is 5.91 Å². The lowest BCUT2D eigenvalue weighted by Gasteiger charge is -2.15. The van der Waals surface area contributed by atoms with Gasteiger partial charge in [-0.25, -0.2) is 0 Å². The van der Waals surface area contributed by atoms with Crippen LogP contribution in [0.2, 0.25) is 0 Å². The Balaban J connectivity index is 2.22. The summed E-state index contributed by atoms with van der Waals surface area (Å²) in [4.78, 5) is 11.5. The minimum atomic E-state index is -0.221. The van der Waals surface area contributed by atoms with Crippen molar-refractivity contribution in [1.82, 2.24) is 0 Å². The molecular weight excluding hydrogens is 214 g/mol. The van der Waals surface area contributed by atoms with Crippen LogP contribution in [-0.4, -0.2) is 13.0 Å². The summed E-state index contributed by atoms with van der Waals surface area (Å²) in [7, 11) is 1.65. The molecule has 17 heavy (non-hydrogen) atoms. The van der Waals surface area contributed by atoms with E-state index in [0.717, 1.165) is 23.3 Å². The number of amides is 1. The molecule has 92 valence electrons. The highest BCUT2D eigenvalue weighted by Crippen LogP contribution is 2.39. The summed E-state index contributed by atoms with van der Waals surface area (Å²) < 4.78 is 5.22. The quantitative estimate of drug-likeness (QED) is 0.848. The second kappa shape index (κ2) is 4.78. The fourth-order valence-electron chi connectivity index (χ4n) is 2.22. The largest absolute Gasteiger partial charge is 0.496 e. The molecule has 0 spiro atoms. The Bertz CT molecular complexity index is 424. The zero-order valence-corrected chi connectivity index (χ0v) is 10.4. The Morgan fingerprint density at radius 2 is 2.24 bits per heavy atom. The second-order valence-corrected chi connectivity index (χ2v) is 4.86. The van der Waals surface area contributed by atoms with Gasteiger partial charge in [0.25, 0.3) is 0 Å². The third-order valence-corrected chi connectivity index (χ3v) is 3.43. The van der Waals surface area contributed by atoms with Crippen LogP contribution in [0.25, 0.3) is 0 Å². The summed E-state index contributed by atoms with van der Waals surface area (Å²) in [5, 5.41) is 0. The SMILES string of the molecule is COc1ccc(C(CC2CC2)C(N)=O)cc1C. The minimum absolute atomic E-state index is 0.146. The molecule has 0 aromatic heterocycles. The molecule has 1 atom stereocenters. The van der Waals surface area contributed by atoms with Gasteiger partial charge in [0.05, 0.1) is 13.0 Å². The standard InChI is InChI=1S/C14H19NO2/c1-9-7-11(5-6-13(9)17-2)12(14(15)16)8-10-3-4-10/h5-7,10,12H,3-4,8H2,1-2H3,(H2,15,16). The normalized spacial score (nSPS) is 16.6. The molecule has 1 aliphatic carbocycles. The molecule has 0 bridgehead atoms. The van der Waals surface area contributed by atoms with Crippen molar-refractivity contribution in [3.63, 3.8) is 0 Å². The molecule has 1 saturated carbocycles. The van der Waals surface area contributed by atoms with Crippen LogP contribution in [-0.2, 0) is 4.79 Å². The number of nitrogens with two attached hydrogens (primary N) is 1. The first kappa shape index (κ1) is 12.0. The van der Waals surface area contributed by atoms with Gasteiger partial charge >= 0.3 is 0 Å². The van der Waals surface area contributed by atoms with Crippen LogP contribution in [0, 0.1) is 12.8 Å². The van der Waals surface area contributed by atoms with Crippen LogP contribution in [0.5, 0.6) is 5.75 Å². The fourth-order valence-corrected chi connectivity index (χ4v) is 2.22. The molecule has 1 aromatic carbocycles. The molecule has 3 heteroatoms. The van der Waals surface area contributed by atoms with Gasteiger partial charge in [-0.2, -0.15) is 0 Å². The summed E-state index contributed by atoms with van der Waals surface area (Å²) in [6, 6.07) is 5.87. The molecule has 0 heterocycles. The molecule has 2 N–H and O–H groups in total. The highest BCUT2D eigenvalue weighted by atomic mass is 16.5. The van der Waals surface area contributed by atoms with Crippen LogP contribution < -0.4 is 10.5 Å². The van der Waals surface area contributed by atoms with E-state index < -0.39 is 0 Å². The molecule has 1 amide bonds. The van der Waals surface area contributed by atoms with Crippen molar-refractivity contribution in [3.05, 3.63) is 29.3 Å². The lowest BCUT2D eigenvalue weighted by Crippen LogP contribution is -2.22. The Morgan fingerprint density at radius 3 is 2.71 bits per heavy atom. The number of primary amides is 1. The number of carbonyl (C=O) groups is 1. The molecule has 0 saturated heterocycles. The highest BCUT2D eigenvalue weighted by molar-refractivity contribution is 5.82. The van der Waals surface area contributed by atoms with E-state index in [2.05, 4.69) is 0 Å². The van der Waals surface area contributed by atoms with Crippen molar-refractivity contribution in [3.8, 4) is 5.75 Å². The van der Waals surface area contributed by atoms with Crippen LogP contribution >= 0.6 is 0 Å². The number of ether oxygens (including phenoxy) is 1. The van der Waals surface area contributed by atoms with E-state index in [1.54, 1.807) is 7.11 Å². The first-order valence-electron chi connectivity index (χ1n) is 6.05. The molecule has 0 aliphatic heterocycles. The van der Waals surface area contributed by atoms with E-state index in [1.165, 1.54) is 12.8 Å². The molecule has 0 radical (unpaired) electrons. The van der Waals surface area contributed by atoms with Crippen LogP contribution in [0.1, 0.15) is 36.3 Å². The monoisotopic (exact) mass is 233 g/mol. The maximum absolute atomic E-state index is 11.5. The lowest BCUT2D eigenvalue weighted by atomic mass is 9.91. The molecular formula is C14H19NO2. The van der Waals surface area contributed by atoms with Gasteiger partial charge in [-0.3, -0.25) is 4.79 Å². The smallest absolute Gasteiger partial charge is 0.224 e. The Labute approximate surface area is 102 Å². The first-order chi connectivity index (χ1) is 8.11. The number of carbonyl (C=O) groups excluding carboxylic acids is 1. The Hall–Kier alpha value is -1.51. The summed E-state index contributed by atoms with van der Waals surface area (Å²) in [6.45, 7) is 1.98. The molecule has 1 aliphatic rings. The number of benzene rings is 1. The third-order valence-electron chi connectivity index (χ3n) is 3.43. The van der Waals surface area contributed by atoms with Crippen LogP contribution in [0.4, 0.5) is 0 Å². The Kier molecular flexibility index (Phi) is 3.36. The van der Waals surface area contributed by atoms with Gasteiger partial charge in [0.15, 0.2) is 0 Å². The summed E-state index contributed by atoms with van der Waals surface area (Å²) in [6.07, 6.45) is 3.36. The number of hydrogen-bond donors (Lipinski definition) is 1. The van der Waals surface area contributed by atoms with E-state index >= 15 is 0 Å². The van der Waals surface area contributed by atoms with Gasteiger partial charge in [-0.1, -0.05) is 25.0 Å². The lowest BCUT2D eigenvalue weighted by molar-refractivity contribution is -0.119. The van der Waals surface area contributed by atoms with Gasteiger partial charge in [0.1, 0.15) is 5.75 Å². The van der Waals surface area contributed by atoms with Crippen molar-refractivity contribution in [2.45, 2.75) is 32.1 Å². The van der Waals surface area contributed by atoms with Crippen molar-refractivity contribution in [2.75, 3.05) is 7.11 Å². The average Bonchev–Trinajstić information content (AvgIpc) is 3.09. The zero-order chi connectivity index (χ0) is 12.4. The molecule has 2 rings (SSSR count). The average molecular weight is 233 g/mol. The first-order valence-corrected chi connectivity index (χ1v) is 6.05. The molecule has 1 aromatic rings. The van der Waals surface area contributed by atoms with E-state index in [1.807, 2.05) is 25.1 Å². The number of aryl methyl sites for hydroxylation is 1. The van der Waals surface area contributed by atoms with E-state index in [9.17, 15) is 4.79 Å². The summed E-state index contributed by atoms with van der Waals surface area (Å²) in [5.41, 5.74) is 7.56. The van der Waals surface area contributed by atoms with Crippen LogP contribution in [0.3, 0.4) is 0 Å². The van der Waals surface area contributed by atoms with Crippen molar-refractivity contribution in [2.24, 2.45) is 11.7 Å². The van der Waals surface area contributed by atoms with Crippen molar-refractivity contribution < 1.29 is 9.53 Å². The van der Waals surface area contributed by atoms with Gasteiger partial charge in [0.2, 0.25) is 5.91 Å². The second-order valence-electron chi connectivity index (χ2n) is 4.86. The maximum atomic E-state index is 11.5. The number of hydrogen-bond acceptors (Lipinski definition) is 2. The fraction of sp³-hybridized carbons (Fsp3) is 0.500. The van der Waals surface area contributed by atoms with Crippen LogP contribution in [0.15, 0.2) is 18.2 Å². The van der Waals surface area contributed by atoms with Crippen molar-refractivity contribution in [1.29, 1.82) is 0 Å². The van der Waals surface area contributed by atoms with E-state index in [0.29, 0.717) is 5.92 Å². The third kappa shape index (κ3) is 2.78. The highest BCUT2D eigenvalue weighted by Gasteiger charge is 2.29. The maximum Gasteiger partial charge on any atom is 0.224 e. The van der Waals surface area contributed by atoms with E-state index in [4.69, 9.17) is 10.5 Å². The number of rotatable bonds is 5. The Morgan fingerprint density at radius 1 is 1.53 bits per heavy atom.